The van der Waals surface area contributed by atoms with Gasteiger partial charge in [0.1, 0.15) is 0 Å². The summed E-state index contributed by atoms with van der Waals surface area (Å²) in [4.78, 5) is 24.9. The summed E-state index contributed by atoms with van der Waals surface area (Å²) in [5.41, 5.74) is 2.27. The molecule has 6 nitrogen and oxygen atoms in total. The molecule has 148 valence electrons. The van der Waals surface area contributed by atoms with E-state index in [4.69, 9.17) is 0 Å². The third-order valence-corrected chi connectivity index (χ3v) is 6.58. The smallest absolute Gasteiger partial charge is 0.255 e. The Morgan fingerprint density at radius 3 is 2.29 bits per heavy atom. The predicted molar refractivity (Wildman–Crippen MR) is 110 cm³/mol. The zero-order valence-electron chi connectivity index (χ0n) is 16.4. The van der Waals surface area contributed by atoms with Crippen molar-refractivity contribution >= 4 is 33.2 Å². The van der Waals surface area contributed by atoms with Crippen molar-refractivity contribution in [2.75, 3.05) is 15.4 Å². The molecule has 1 unspecified atom stereocenters. The van der Waals surface area contributed by atoms with E-state index in [0.29, 0.717) is 5.69 Å². The highest BCUT2D eigenvalue weighted by atomic mass is 32.2. The van der Waals surface area contributed by atoms with Gasteiger partial charge in [-0.25, -0.2) is 12.7 Å². The van der Waals surface area contributed by atoms with E-state index in [2.05, 4.69) is 26.1 Å². The second kappa shape index (κ2) is 7.05. The summed E-state index contributed by atoms with van der Waals surface area (Å²) in [5, 5.41) is 2.80. The number of amides is 2. The van der Waals surface area contributed by atoms with Crippen LogP contribution in [0, 0.1) is 5.92 Å². The van der Waals surface area contributed by atoms with Crippen molar-refractivity contribution < 1.29 is 18.0 Å². The van der Waals surface area contributed by atoms with Crippen molar-refractivity contribution in [1.82, 2.24) is 0 Å². The third-order valence-electron chi connectivity index (χ3n) is 4.71. The van der Waals surface area contributed by atoms with Crippen LogP contribution in [0.1, 0.15) is 43.6 Å². The molecule has 28 heavy (non-hydrogen) atoms. The van der Waals surface area contributed by atoms with E-state index in [1.807, 2.05) is 24.3 Å². The van der Waals surface area contributed by atoms with Crippen LogP contribution in [-0.2, 0) is 20.2 Å². The van der Waals surface area contributed by atoms with Crippen LogP contribution in [0.3, 0.4) is 0 Å². The number of nitrogens with one attached hydrogen (secondary N) is 1. The van der Waals surface area contributed by atoms with Crippen LogP contribution >= 0.6 is 0 Å². The fraction of sp³-hybridized carbons (Fsp3) is 0.333. The lowest BCUT2D eigenvalue weighted by Gasteiger charge is -2.19. The lowest BCUT2D eigenvalue weighted by atomic mass is 9.87. The molecule has 1 atom stereocenters. The number of hydrogen-bond donors (Lipinski definition) is 1. The molecule has 1 saturated heterocycles. The van der Waals surface area contributed by atoms with Crippen LogP contribution < -0.4 is 9.62 Å². The highest BCUT2D eigenvalue weighted by Gasteiger charge is 2.42. The molecule has 0 bridgehead atoms. The maximum atomic E-state index is 12.6. The molecule has 0 aliphatic carbocycles. The minimum Gasteiger partial charge on any atom is -0.322 e. The van der Waals surface area contributed by atoms with Crippen molar-refractivity contribution in [2.24, 2.45) is 5.92 Å². The number of hydrogen-bond acceptors (Lipinski definition) is 4. The van der Waals surface area contributed by atoms with Crippen LogP contribution in [0.25, 0.3) is 0 Å². The van der Waals surface area contributed by atoms with E-state index in [1.165, 1.54) is 12.1 Å². The Balaban J connectivity index is 1.82. The Labute approximate surface area is 165 Å². The molecule has 2 aromatic rings. The molecular formula is C21H24N2O4S. The molecule has 0 saturated carbocycles. The Kier molecular flexibility index (Phi) is 5.06. The molecule has 1 aliphatic rings. The molecule has 1 N–H and O–H groups in total. The number of sulfonamides is 1. The maximum absolute atomic E-state index is 12.6. The fourth-order valence-corrected chi connectivity index (χ4v) is 4.93. The normalized spacial score (nSPS) is 18.9. The van der Waals surface area contributed by atoms with Crippen LogP contribution in [0.4, 0.5) is 11.4 Å². The van der Waals surface area contributed by atoms with E-state index in [9.17, 15) is 18.0 Å². The Morgan fingerprint density at radius 2 is 1.75 bits per heavy atom. The Hall–Kier alpha value is -2.67. The number of rotatable bonds is 3. The second-order valence-corrected chi connectivity index (χ2v) is 9.98. The second-order valence-electron chi connectivity index (χ2n) is 8.11. The fourth-order valence-electron chi connectivity index (χ4n) is 3.12. The molecule has 0 spiro atoms. The molecular weight excluding hydrogens is 376 g/mol. The average molecular weight is 401 g/mol. The van der Waals surface area contributed by atoms with E-state index in [-0.39, 0.29) is 28.3 Å². The first-order chi connectivity index (χ1) is 13.0. The summed E-state index contributed by atoms with van der Waals surface area (Å²) < 4.78 is 25.3. The number of nitrogens with zero attached hydrogens (tertiary/aromatic N) is 1. The average Bonchev–Trinajstić information content (AvgIpc) is 2.81. The molecule has 1 aliphatic heterocycles. The molecule has 3 rings (SSSR count). The highest BCUT2D eigenvalue weighted by molar-refractivity contribution is 7.94. The number of carbonyl (C=O) groups is 2. The van der Waals surface area contributed by atoms with Gasteiger partial charge in [0.05, 0.1) is 17.4 Å². The van der Waals surface area contributed by atoms with E-state index in [1.54, 1.807) is 19.1 Å². The van der Waals surface area contributed by atoms with Gasteiger partial charge >= 0.3 is 0 Å². The number of anilines is 2. The van der Waals surface area contributed by atoms with Gasteiger partial charge in [-0.2, -0.15) is 0 Å². The van der Waals surface area contributed by atoms with Gasteiger partial charge in [-0.05, 0) is 41.3 Å². The van der Waals surface area contributed by atoms with Crippen LogP contribution in [0.2, 0.25) is 0 Å². The first-order valence-electron chi connectivity index (χ1n) is 9.08. The molecule has 2 amide bonds. The van der Waals surface area contributed by atoms with Crippen LogP contribution in [0.5, 0.6) is 0 Å². The lowest BCUT2D eigenvalue weighted by molar-refractivity contribution is -0.119. The summed E-state index contributed by atoms with van der Waals surface area (Å²) in [6, 6.07) is 13.7. The van der Waals surface area contributed by atoms with E-state index in [0.717, 1.165) is 9.87 Å². The lowest BCUT2D eigenvalue weighted by Crippen LogP contribution is -2.30. The first-order valence-corrected chi connectivity index (χ1v) is 10.7. The van der Waals surface area contributed by atoms with E-state index < -0.39 is 21.8 Å². The SMILES string of the molecule is CC1CS(=O)(=O)N(c2cccc(C(=O)Nc3ccc(C(C)(C)C)cc3)c2)C1=O. The summed E-state index contributed by atoms with van der Waals surface area (Å²) in [6.45, 7) is 7.92. The zero-order chi connectivity index (χ0) is 20.7. The first kappa shape index (κ1) is 20.1. The third kappa shape index (κ3) is 3.94. The van der Waals surface area contributed by atoms with Crippen molar-refractivity contribution in [3.05, 3.63) is 59.7 Å². The summed E-state index contributed by atoms with van der Waals surface area (Å²) in [5.74, 6) is -1.66. The maximum Gasteiger partial charge on any atom is 0.255 e. The summed E-state index contributed by atoms with van der Waals surface area (Å²) in [7, 11) is -3.71. The quantitative estimate of drug-likeness (QED) is 0.854. The van der Waals surface area contributed by atoms with Gasteiger partial charge in [-0.15, -0.1) is 0 Å². The van der Waals surface area contributed by atoms with Crippen molar-refractivity contribution in [1.29, 1.82) is 0 Å². The van der Waals surface area contributed by atoms with Crippen LogP contribution in [0.15, 0.2) is 48.5 Å². The number of benzene rings is 2. The topological polar surface area (TPSA) is 83.6 Å². The predicted octanol–water partition coefficient (Wildman–Crippen LogP) is 3.55. The molecule has 0 radical (unpaired) electrons. The van der Waals surface area contributed by atoms with Gasteiger partial charge < -0.3 is 5.32 Å². The largest absolute Gasteiger partial charge is 0.322 e. The van der Waals surface area contributed by atoms with Crippen molar-refractivity contribution in [3.63, 3.8) is 0 Å². The number of carbonyl (C=O) groups excluding carboxylic acids is 2. The molecule has 1 heterocycles. The Morgan fingerprint density at radius 1 is 1.11 bits per heavy atom. The van der Waals surface area contributed by atoms with Crippen molar-refractivity contribution in [2.45, 2.75) is 33.1 Å². The summed E-state index contributed by atoms with van der Waals surface area (Å²) >= 11 is 0. The Bertz CT molecular complexity index is 1020. The molecule has 0 aromatic heterocycles. The van der Waals surface area contributed by atoms with Crippen molar-refractivity contribution in [3.8, 4) is 0 Å². The standard InChI is InChI=1S/C21H24N2O4S/c1-14-13-28(26,27)23(20(14)25)18-7-5-6-15(12-18)19(24)22-17-10-8-16(9-11-17)21(2,3)4/h5-12,14H,13H2,1-4H3,(H,22,24). The summed E-state index contributed by atoms with van der Waals surface area (Å²) in [6.07, 6.45) is 0. The molecule has 7 heteroatoms. The minimum atomic E-state index is -3.71. The van der Waals surface area contributed by atoms with Gasteiger partial charge in [0, 0.05) is 11.3 Å². The molecule has 1 fully saturated rings. The highest BCUT2D eigenvalue weighted by Crippen LogP contribution is 2.29. The van der Waals surface area contributed by atoms with Gasteiger partial charge in [0.15, 0.2) is 0 Å². The van der Waals surface area contributed by atoms with E-state index >= 15 is 0 Å². The van der Waals surface area contributed by atoms with Gasteiger partial charge in [-0.1, -0.05) is 45.9 Å². The minimum absolute atomic E-state index is 0.0156. The van der Waals surface area contributed by atoms with Gasteiger partial charge in [0.25, 0.3) is 5.91 Å². The van der Waals surface area contributed by atoms with Gasteiger partial charge in [-0.3, -0.25) is 9.59 Å². The van der Waals surface area contributed by atoms with Gasteiger partial charge in [0.2, 0.25) is 15.9 Å². The molecule has 2 aromatic carbocycles. The van der Waals surface area contributed by atoms with Crippen LogP contribution in [-0.4, -0.2) is 26.0 Å². The zero-order valence-corrected chi connectivity index (χ0v) is 17.2. The monoisotopic (exact) mass is 400 g/mol.